The van der Waals surface area contributed by atoms with E-state index in [1.807, 2.05) is 30.3 Å². The lowest BCUT2D eigenvalue weighted by Gasteiger charge is -1.94. The highest BCUT2D eigenvalue weighted by atomic mass is 16.1. The third-order valence-corrected chi connectivity index (χ3v) is 1.85. The standard InChI is InChI=1S/C10H8N2O/c13-7-9-6-5-8-3-1-2-4-10(8)12-11-9/h1-7,9H. The zero-order valence-corrected chi connectivity index (χ0v) is 6.92. The van der Waals surface area contributed by atoms with Crippen molar-refractivity contribution in [1.29, 1.82) is 0 Å². The third-order valence-electron chi connectivity index (χ3n) is 1.85. The van der Waals surface area contributed by atoms with Crippen LogP contribution in [0.25, 0.3) is 6.08 Å². The Morgan fingerprint density at radius 2 is 2.15 bits per heavy atom. The maximum atomic E-state index is 10.5. The van der Waals surface area contributed by atoms with E-state index in [1.165, 1.54) is 0 Å². The molecular formula is C10H8N2O. The molecule has 0 spiro atoms. The molecule has 1 atom stereocenters. The summed E-state index contributed by atoms with van der Waals surface area (Å²) in [7, 11) is 0. The lowest BCUT2D eigenvalue weighted by Crippen LogP contribution is -1.97. The number of azo groups is 1. The quantitative estimate of drug-likeness (QED) is 0.599. The molecule has 1 aromatic carbocycles. The number of carbonyl (C=O) groups excluding carboxylic acids is 1. The Balaban J connectivity index is 2.46. The minimum absolute atomic E-state index is 0.438. The lowest BCUT2D eigenvalue weighted by molar-refractivity contribution is -0.108. The normalized spacial score (nSPS) is 19.2. The van der Waals surface area contributed by atoms with Crippen molar-refractivity contribution in [2.45, 2.75) is 6.04 Å². The van der Waals surface area contributed by atoms with Crippen molar-refractivity contribution >= 4 is 18.0 Å². The van der Waals surface area contributed by atoms with Gasteiger partial charge in [0.25, 0.3) is 0 Å². The van der Waals surface area contributed by atoms with Crippen molar-refractivity contribution in [2.75, 3.05) is 0 Å². The Morgan fingerprint density at radius 1 is 1.31 bits per heavy atom. The van der Waals surface area contributed by atoms with Gasteiger partial charge in [-0.05, 0) is 6.07 Å². The van der Waals surface area contributed by atoms with E-state index in [0.717, 1.165) is 17.5 Å². The fourth-order valence-corrected chi connectivity index (χ4v) is 1.16. The van der Waals surface area contributed by atoms with E-state index in [9.17, 15) is 4.79 Å². The van der Waals surface area contributed by atoms with Gasteiger partial charge in [0.2, 0.25) is 0 Å². The summed E-state index contributed by atoms with van der Waals surface area (Å²) < 4.78 is 0. The number of carbonyl (C=O) groups is 1. The first-order valence-electron chi connectivity index (χ1n) is 4.03. The van der Waals surface area contributed by atoms with Gasteiger partial charge in [-0.1, -0.05) is 30.4 Å². The zero-order chi connectivity index (χ0) is 9.10. The fourth-order valence-electron chi connectivity index (χ4n) is 1.16. The van der Waals surface area contributed by atoms with Gasteiger partial charge in [0.05, 0.1) is 5.69 Å². The van der Waals surface area contributed by atoms with Gasteiger partial charge < -0.3 is 4.79 Å². The Bertz CT molecular complexity index is 349. The molecule has 0 saturated heterocycles. The molecule has 1 aliphatic heterocycles. The average molecular weight is 172 g/mol. The van der Waals surface area contributed by atoms with Crippen LogP contribution in [-0.4, -0.2) is 12.3 Å². The maximum Gasteiger partial charge on any atom is 0.150 e. The second-order valence-electron chi connectivity index (χ2n) is 2.76. The third kappa shape index (κ3) is 1.54. The summed E-state index contributed by atoms with van der Waals surface area (Å²) in [5, 5.41) is 7.82. The highest BCUT2D eigenvalue weighted by Crippen LogP contribution is 2.23. The Hall–Kier alpha value is -1.77. The van der Waals surface area contributed by atoms with Crippen LogP contribution in [0, 0.1) is 0 Å². The largest absolute Gasteiger partial charge is 0.301 e. The van der Waals surface area contributed by atoms with E-state index < -0.39 is 6.04 Å². The molecule has 1 heterocycles. The van der Waals surface area contributed by atoms with Crippen LogP contribution in [0.15, 0.2) is 40.6 Å². The summed E-state index contributed by atoms with van der Waals surface area (Å²) in [6.45, 7) is 0. The Morgan fingerprint density at radius 3 is 3.00 bits per heavy atom. The van der Waals surface area contributed by atoms with Crippen molar-refractivity contribution in [3.05, 3.63) is 35.9 Å². The van der Waals surface area contributed by atoms with Crippen molar-refractivity contribution in [2.24, 2.45) is 10.2 Å². The minimum Gasteiger partial charge on any atom is -0.301 e. The first kappa shape index (κ1) is 7.86. The van der Waals surface area contributed by atoms with Gasteiger partial charge in [-0.2, -0.15) is 10.2 Å². The summed E-state index contributed by atoms with van der Waals surface area (Å²) in [5.41, 5.74) is 1.80. The average Bonchev–Trinajstić information content (AvgIpc) is 2.39. The molecule has 0 amide bonds. The number of fused-ring (bicyclic) bond motifs is 1. The topological polar surface area (TPSA) is 41.8 Å². The summed E-state index contributed by atoms with van der Waals surface area (Å²) in [4.78, 5) is 10.5. The first-order chi connectivity index (χ1) is 6.40. The molecule has 3 heteroatoms. The zero-order valence-electron chi connectivity index (χ0n) is 6.92. The summed E-state index contributed by atoms with van der Waals surface area (Å²) in [6, 6.07) is 7.20. The molecule has 1 unspecified atom stereocenters. The van der Waals surface area contributed by atoms with Crippen molar-refractivity contribution in [3.63, 3.8) is 0 Å². The monoisotopic (exact) mass is 172 g/mol. The van der Waals surface area contributed by atoms with E-state index >= 15 is 0 Å². The van der Waals surface area contributed by atoms with Crippen molar-refractivity contribution < 1.29 is 4.79 Å². The smallest absolute Gasteiger partial charge is 0.150 e. The Labute approximate surface area is 75.8 Å². The van der Waals surface area contributed by atoms with Crippen LogP contribution in [0.3, 0.4) is 0 Å². The highest BCUT2D eigenvalue weighted by molar-refractivity contribution is 5.70. The van der Waals surface area contributed by atoms with Crippen LogP contribution < -0.4 is 0 Å². The molecule has 13 heavy (non-hydrogen) atoms. The highest BCUT2D eigenvalue weighted by Gasteiger charge is 2.05. The van der Waals surface area contributed by atoms with Crippen molar-refractivity contribution in [3.8, 4) is 0 Å². The van der Waals surface area contributed by atoms with Gasteiger partial charge in [0.1, 0.15) is 12.3 Å². The van der Waals surface area contributed by atoms with E-state index in [0.29, 0.717) is 0 Å². The molecule has 0 aromatic heterocycles. The predicted molar refractivity (Wildman–Crippen MR) is 49.8 cm³/mol. The molecular weight excluding hydrogens is 164 g/mol. The van der Waals surface area contributed by atoms with Gasteiger partial charge in [0.15, 0.2) is 0 Å². The van der Waals surface area contributed by atoms with E-state index in [2.05, 4.69) is 10.2 Å². The number of rotatable bonds is 1. The molecule has 2 rings (SSSR count). The van der Waals surface area contributed by atoms with Crippen LogP contribution in [0.5, 0.6) is 0 Å². The number of benzene rings is 1. The van der Waals surface area contributed by atoms with Gasteiger partial charge in [-0.15, -0.1) is 0 Å². The summed E-state index contributed by atoms with van der Waals surface area (Å²) >= 11 is 0. The maximum absolute atomic E-state index is 10.5. The molecule has 1 aliphatic rings. The number of nitrogens with zero attached hydrogens (tertiary/aromatic N) is 2. The molecule has 64 valence electrons. The molecule has 0 aliphatic carbocycles. The van der Waals surface area contributed by atoms with E-state index in [4.69, 9.17) is 0 Å². The number of hydrogen-bond acceptors (Lipinski definition) is 3. The van der Waals surface area contributed by atoms with Gasteiger partial charge >= 0.3 is 0 Å². The number of hydrogen-bond donors (Lipinski definition) is 0. The van der Waals surface area contributed by atoms with Gasteiger partial charge in [-0.25, -0.2) is 0 Å². The minimum atomic E-state index is -0.438. The van der Waals surface area contributed by atoms with E-state index in [1.54, 1.807) is 6.08 Å². The van der Waals surface area contributed by atoms with Crippen LogP contribution in [0.4, 0.5) is 5.69 Å². The predicted octanol–water partition coefficient (Wildman–Crippen LogP) is 2.36. The molecule has 0 radical (unpaired) electrons. The summed E-state index contributed by atoms with van der Waals surface area (Å²) in [6.07, 6.45) is 4.38. The van der Waals surface area contributed by atoms with Crippen LogP contribution >= 0.6 is 0 Å². The molecule has 1 aromatic rings. The van der Waals surface area contributed by atoms with Crippen LogP contribution in [0.1, 0.15) is 5.56 Å². The lowest BCUT2D eigenvalue weighted by atomic mass is 10.1. The SMILES string of the molecule is O=CC1C=Cc2ccccc2N=N1. The van der Waals surface area contributed by atoms with Crippen LogP contribution in [0.2, 0.25) is 0 Å². The molecule has 0 fully saturated rings. The van der Waals surface area contributed by atoms with Gasteiger partial charge in [0, 0.05) is 5.56 Å². The number of aldehydes is 1. The second kappa shape index (κ2) is 3.31. The van der Waals surface area contributed by atoms with Gasteiger partial charge in [-0.3, -0.25) is 0 Å². The van der Waals surface area contributed by atoms with Crippen LogP contribution in [-0.2, 0) is 4.79 Å². The first-order valence-corrected chi connectivity index (χ1v) is 4.03. The fraction of sp³-hybridized carbons (Fsp3) is 0.100. The molecule has 0 saturated carbocycles. The molecule has 0 bridgehead atoms. The Kier molecular flexibility index (Phi) is 2.00. The van der Waals surface area contributed by atoms with Crippen molar-refractivity contribution in [1.82, 2.24) is 0 Å². The van der Waals surface area contributed by atoms with E-state index in [-0.39, 0.29) is 0 Å². The molecule has 0 N–H and O–H groups in total. The second-order valence-corrected chi connectivity index (χ2v) is 2.76. The molecule has 3 nitrogen and oxygen atoms in total. The summed E-state index contributed by atoms with van der Waals surface area (Å²) in [5.74, 6) is 0.